The van der Waals surface area contributed by atoms with E-state index < -0.39 is 45.2 Å². The number of imidazole rings is 1. The topological polar surface area (TPSA) is 120 Å². The number of hydrogen-bond donors (Lipinski definition) is 2. The van der Waals surface area contributed by atoms with Gasteiger partial charge in [-0.15, -0.1) is 0 Å². The number of aliphatic hydroxyl groups is 1. The smallest absolute Gasteiger partial charge is 0.387 e. The van der Waals surface area contributed by atoms with Crippen molar-refractivity contribution in [2.45, 2.75) is 64.3 Å². The van der Waals surface area contributed by atoms with Crippen molar-refractivity contribution in [2.24, 2.45) is 0 Å². The molecule has 206 valence electrons. The quantitative estimate of drug-likeness (QED) is 0.465. The number of nitrogens with one attached hydrogen (secondary N) is 1. The van der Waals surface area contributed by atoms with E-state index in [9.17, 15) is 31.9 Å². The molecule has 4 rings (SSSR count). The Hall–Kier alpha value is -3.25. The molecular weight excluding hydrogens is 520 g/mol. The summed E-state index contributed by atoms with van der Waals surface area (Å²) < 4.78 is 56.4. The number of hydrogen-bond acceptors (Lipinski definition) is 6. The third-order valence-corrected chi connectivity index (χ3v) is 8.84. The van der Waals surface area contributed by atoms with E-state index >= 15 is 0 Å². The molecule has 2 N–H and O–H groups in total. The molecule has 1 aromatic heterocycles. The van der Waals surface area contributed by atoms with Crippen LogP contribution in [0.2, 0.25) is 0 Å². The first-order valence-electron chi connectivity index (χ1n) is 12.2. The molecule has 0 bridgehead atoms. The highest BCUT2D eigenvalue weighted by Crippen LogP contribution is 2.29. The largest absolute Gasteiger partial charge is 0.435 e. The monoisotopic (exact) mass is 551 g/mol. The molecule has 0 radical (unpaired) electrons. The number of alkyl halides is 2. The van der Waals surface area contributed by atoms with Gasteiger partial charge in [-0.25, -0.2) is 13.2 Å². The fraction of sp³-hybridized carbons (Fsp3) is 0.462. The van der Waals surface area contributed by atoms with Gasteiger partial charge in [-0.1, -0.05) is 6.07 Å². The maximum Gasteiger partial charge on any atom is 0.387 e. The molecule has 1 fully saturated rings. The fourth-order valence-electron chi connectivity index (χ4n) is 4.56. The van der Waals surface area contributed by atoms with Gasteiger partial charge in [0.05, 0.1) is 39.9 Å². The number of carbonyl (C=O) groups excluding carboxylic acids is 1. The van der Waals surface area contributed by atoms with Crippen LogP contribution in [0.25, 0.3) is 16.7 Å². The van der Waals surface area contributed by atoms with E-state index in [1.807, 2.05) is 0 Å². The Morgan fingerprint density at radius 1 is 1.13 bits per heavy atom. The van der Waals surface area contributed by atoms with Gasteiger partial charge >= 0.3 is 12.3 Å². The molecular formula is C26H31F2N3O6S. The van der Waals surface area contributed by atoms with Crippen LogP contribution in [0.5, 0.6) is 5.75 Å². The van der Waals surface area contributed by atoms with Crippen LogP contribution in [-0.2, 0) is 9.84 Å². The molecule has 0 spiro atoms. The minimum absolute atomic E-state index is 0.0113. The first-order chi connectivity index (χ1) is 17.6. The van der Waals surface area contributed by atoms with E-state index in [0.29, 0.717) is 11.0 Å². The van der Waals surface area contributed by atoms with Crippen molar-refractivity contribution in [2.75, 3.05) is 11.5 Å². The first-order valence-corrected chi connectivity index (χ1v) is 14.0. The van der Waals surface area contributed by atoms with E-state index in [4.69, 9.17) is 0 Å². The Balaban J connectivity index is 1.81. The van der Waals surface area contributed by atoms with Crippen molar-refractivity contribution >= 4 is 26.8 Å². The van der Waals surface area contributed by atoms with Crippen molar-refractivity contribution in [3.8, 4) is 11.4 Å². The third kappa shape index (κ3) is 5.60. The zero-order chi connectivity index (χ0) is 28.0. The molecule has 1 atom stereocenters. The highest BCUT2D eigenvalue weighted by atomic mass is 32.2. The van der Waals surface area contributed by atoms with Crippen molar-refractivity contribution in [1.29, 1.82) is 0 Å². The normalized spacial score (nSPS) is 17.9. The second-order valence-corrected chi connectivity index (χ2v) is 12.9. The number of carbonyl (C=O) groups is 1. The predicted octanol–water partition coefficient (Wildman–Crippen LogP) is 3.42. The van der Waals surface area contributed by atoms with Crippen LogP contribution in [0, 0.1) is 0 Å². The zero-order valence-electron chi connectivity index (χ0n) is 21.6. The summed E-state index contributed by atoms with van der Waals surface area (Å²) in [6.45, 7) is 3.54. The highest BCUT2D eigenvalue weighted by Gasteiger charge is 2.35. The van der Waals surface area contributed by atoms with E-state index in [1.54, 1.807) is 39.8 Å². The minimum atomic E-state index is -3.12. The summed E-state index contributed by atoms with van der Waals surface area (Å²) in [5.74, 6) is -0.575. The number of sulfone groups is 1. The summed E-state index contributed by atoms with van der Waals surface area (Å²) in [6.07, 6.45) is 0.578. The van der Waals surface area contributed by atoms with Gasteiger partial charge in [-0.2, -0.15) is 8.78 Å². The first kappa shape index (κ1) is 27.8. The zero-order valence-corrected chi connectivity index (χ0v) is 22.4. The number of halogens is 2. The second kappa shape index (κ2) is 9.81. The molecule has 1 aliphatic heterocycles. The summed E-state index contributed by atoms with van der Waals surface area (Å²) >= 11 is 0. The van der Waals surface area contributed by atoms with E-state index in [-0.39, 0.29) is 41.3 Å². The van der Waals surface area contributed by atoms with Crippen LogP contribution in [0.3, 0.4) is 0 Å². The molecule has 3 aromatic rings. The molecule has 1 saturated heterocycles. The lowest BCUT2D eigenvalue weighted by atomic mass is 9.94. The number of amides is 1. The van der Waals surface area contributed by atoms with Crippen molar-refractivity contribution in [1.82, 2.24) is 14.5 Å². The highest BCUT2D eigenvalue weighted by molar-refractivity contribution is 7.91. The van der Waals surface area contributed by atoms with Crippen LogP contribution in [-0.4, -0.2) is 57.8 Å². The maximum absolute atomic E-state index is 13.7. The Morgan fingerprint density at radius 3 is 2.39 bits per heavy atom. The molecule has 1 aliphatic rings. The summed E-state index contributed by atoms with van der Waals surface area (Å²) in [5.41, 5.74) is -1.28. The average molecular weight is 552 g/mol. The second-order valence-electron chi connectivity index (χ2n) is 10.6. The van der Waals surface area contributed by atoms with Gasteiger partial charge in [-0.05, 0) is 70.9 Å². The van der Waals surface area contributed by atoms with E-state index in [2.05, 4.69) is 10.1 Å². The Bertz CT molecular complexity index is 1520. The van der Waals surface area contributed by atoms with E-state index in [0.717, 1.165) is 0 Å². The summed E-state index contributed by atoms with van der Waals surface area (Å²) in [5, 5.41) is 13.7. The summed E-state index contributed by atoms with van der Waals surface area (Å²) in [4.78, 5) is 26.9. The molecule has 9 nitrogen and oxygen atoms in total. The van der Waals surface area contributed by atoms with Crippen LogP contribution in [0.1, 0.15) is 56.9 Å². The molecule has 0 aliphatic carbocycles. The fourth-order valence-corrected chi connectivity index (χ4v) is 6.29. The number of nitrogens with zero attached hydrogens (tertiary/aromatic N) is 2. The molecule has 0 unspecified atom stereocenters. The Labute approximate surface area is 218 Å². The van der Waals surface area contributed by atoms with Crippen LogP contribution < -0.4 is 15.7 Å². The van der Waals surface area contributed by atoms with E-state index in [1.165, 1.54) is 39.5 Å². The number of rotatable bonds is 7. The number of benzene rings is 2. The van der Waals surface area contributed by atoms with Crippen molar-refractivity contribution < 1.29 is 31.8 Å². The molecule has 2 heterocycles. The molecule has 12 heteroatoms. The van der Waals surface area contributed by atoms with Gasteiger partial charge < -0.3 is 15.2 Å². The van der Waals surface area contributed by atoms with Gasteiger partial charge in [0.1, 0.15) is 15.6 Å². The lowest BCUT2D eigenvalue weighted by Gasteiger charge is -2.34. The molecule has 1 amide bonds. The lowest BCUT2D eigenvalue weighted by molar-refractivity contribution is -0.0498. The predicted molar refractivity (Wildman–Crippen MR) is 139 cm³/mol. The van der Waals surface area contributed by atoms with Crippen molar-refractivity contribution in [3.05, 3.63) is 58.5 Å². The Morgan fingerprint density at radius 2 is 1.79 bits per heavy atom. The van der Waals surface area contributed by atoms with Gasteiger partial charge in [0, 0.05) is 17.2 Å². The SMILES string of the molecule is C[C@@H](n1c(=O)n(-c2cccc(OC(F)F)c2)c2ccc(C(=O)NC3(C)CCS(=O)(=O)CC3)cc21)C(C)(C)O. The number of fused-ring (bicyclic) bond motifs is 1. The third-order valence-electron chi connectivity index (χ3n) is 7.19. The molecule has 38 heavy (non-hydrogen) atoms. The van der Waals surface area contributed by atoms with Crippen molar-refractivity contribution in [3.63, 3.8) is 0 Å². The molecule has 2 aromatic carbocycles. The number of aromatic nitrogens is 2. The lowest BCUT2D eigenvalue weighted by Crippen LogP contribution is -2.50. The summed E-state index contributed by atoms with van der Waals surface area (Å²) in [7, 11) is -3.12. The summed E-state index contributed by atoms with van der Waals surface area (Å²) in [6, 6.07) is 9.63. The van der Waals surface area contributed by atoms with Gasteiger partial charge in [-0.3, -0.25) is 13.9 Å². The average Bonchev–Trinajstić information content (AvgIpc) is 3.10. The maximum atomic E-state index is 13.7. The van der Waals surface area contributed by atoms with Crippen LogP contribution in [0.15, 0.2) is 47.3 Å². The van der Waals surface area contributed by atoms with Gasteiger partial charge in [0.2, 0.25) is 0 Å². The van der Waals surface area contributed by atoms with Crippen LogP contribution >= 0.6 is 0 Å². The molecule has 0 saturated carbocycles. The van der Waals surface area contributed by atoms with Crippen LogP contribution in [0.4, 0.5) is 8.78 Å². The minimum Gasteiger partial charge on any atom is -0.435 e. The van der Waals surface area contributed by atoms with Gasteiger partial charge in [0.25, 0.3) is 5.91 Å². The standard InChI is InChI=1S/C26H31F2N3O6S/c1-16(25(2,3)34)30-21-14-17(22(32)29-26(4)10-12-38(35,36)13-11-26)8-9-20(21)31(24(30)33)18-6-5-7-19(15-18)37-23(27)28/h5-9,14-16,23,34H,10-13H2,1-4H3,(H,29,32)/t16-/m1/s1. The number of ether oxygens (including phenoxy) is 1. The van der Waals surface area contributed by atoms with Gasteiger partial charge in [0.15, 0.2) is 0 Å². The Kier molecular flexibility index (Phi) is 7.17.